The molecule has 0 fully saturated rings. The smallest absolute Gasteiger partial charge is 0.0741 e. The number of hydrogen-bond donors (Lipinski definition) is 0. The van der Waals surface area contributed by atoms with Gasteiger partial charge < -0.3 is 0 Å². The Balaban J connectivity index is 1.78. The van der Waals surface area contributed by atoms with E-state index in [9.17, 15) is 0 Å². The summed E-state index contributed by atoms with van der Waals surface area (Å²) in [6.07, 6.45) is 0. The molecule has 1 unspecified atom stereocenters. The first-order valence-corrected chi connectivity index (χ1v) is 11.9. The number of halogens is 2. The van der Waals surface area contributed by atoms with E-state index in [1.165, 1.54) is 53.9 Å². The Hall–Kier alpha value is -2.39. The van der Waals surface area contributed by atoms with Gasteiger partial charge in [0.1, 0.15) is 0 Å². The Morgan fingerprint density at radius 2 is 1.43 bits per heavy atom. The minimum Gasteiger partial charge on any atom is -0.135 e. The molecule has 5 aromatic rings. The summed E-state index contributed by atoms with van der Waals surface area (Å²) < 4.78 is 2.44. The van der Waals surface area contributed by atoms with Crippen molar-refractivity contribution >= 4 is 49.0 Å². The zero-order valence-electron chi connectivity index (χ0n) is 15.7. The highest BCUT2D eigenvalue weighted by Gasteiger charge is 2.53. The molecule has 0 saturated heterocycles. The van der Waals surface area contributed by atoms with E-state index < -0.39 is 0 Å². The highest BCUT2D eigenvalue weighted by Crippen LogP contribution is 2.66. The van der Waals surface area contributed by atoms with E-state index in [2.05, 4.69) is 94.8 Å². The highest BCUT2D eigenvalue weighted by atomic mass is 79.9. The van der Waals surface area contributed by atoms with Crippen molar-refractivity contribution in [2.75, 3.05) is 0 Å². The van der Waals surface area contributed by atoms with Crippen LogP contribution in [0.2, 0.25) is 5.02 Å². The van der Waals surface area contributed by atoms with Crippen LogP contribution in [0.3, 0.4) is 0 Å². The first kappa shape index (κ1) is 17.3. The quantitative estimate of drug-likeness (QED) is 0.201. The van der Waals surface area contributed by atoms with Gasteiger partial charge in [0, 0.05) is 19.1 Å². The Kier molecular flexibility index (Phi) is 3.38. The number of fused-ring (bicyclic) bond motifs is 12. The molecule has 0 aliphatic heterocycles. The molecule has 30 heavy (non-hydrogen) atoms. The van der Waals surface area contributed by atoms with Crippen LogP contribution in [0.25, 0.3) is 31.7 Å². The molecular formula is C27H14BrClS. The summed E-state index contributed by atoms with van der Waals surface area (Å²) in [7, 11) is 0. The van der Waals surface area contributed by atoms with Crippen LogP contribution >= 0.6 is 38.9 Å². The Bertz CT molecular complexity index is 1530. The standard InChI is InChI=1S/C27H14BrClS/c28-15-9-11-18-17-5-1-3-7-21(17)27(22(18)13-15)23-14-16(29)10-12-19(23)26-25(27)20-6-2-4-8-24(20)30-26/h1-14H. The molecule has 3 heteroatoms. The van der Waals surface area contributed by atoms with Gasteiger partial charge in [-0.15, -0.1) is 11.3 Å². The SMILES string of the molecule is Clc1ccc2c(c1)C1(c3ccccc3-c3ccc(Br)cc31)c1c-2sc2ccccc12. The molecule has 1 atom stereocenters. The van der Waals surface area contributed by atoms with Gasteiger partial charge in [0.2, 0.25) is 0 Å². The van der Waals surface area contributed by atoms with Gasteiger partial charge in [-0.2, -0.15) is 0 Å². The predicted molar refractivity (Wildman–Crippen MR) is 131 cm³/mol. The number of benzene rings is 4. The molecule has 0 N–H and O–H groups in total. The van der Waals surface area contributed by atoms with Crippen LogP contribution < -0.4 is 0 Å². The van der Waals surface area contributed by atoms with Crippen LogP contribution in [0.4, 0.5) is 0 Å². The summed E-state index contributed by atoms with van der Waals surface area (Å²) in [4.78, 5) is 1.37. The summed E-state index contributed by atoms with van der Waals surface area (Å²) in [5.41, 5.74) is 8.98. The van der Waals surface area contributed by atoms with E-state index in [1.54, 1.807) is 0 Å². The van der Waals surface area contributed by atoms with E-state index in [4.69, 9.17) is 11.6 Å². The lowest BCUT2D eigenvalue weighted by atomic mass is 9.70. The molecule has 0 saturated carbocycles. The molecule has 2 aliphatic carbocycles. The number of hydrogen-bond acceptors (Lipinski definition) is 1. The van der Waals surface area contributed by atoms with Gasteiger partial charge in [-0.3, -0.25) is 0 Å². The van der Waals surface area contributed by atoms with Crippen LogP contribution in [0.15, 0.2) is 89.4 Å². The number of thiophene rings is 1. The van der Waals surface area contributed by atoms with Gasteiger partial charge in [0.05, 0.1) is 5.41 Å². The van der Waals surface area contributed by atoms with E-state index in [0.717, 1.165) is 9.50 Å². The zero-order chi connectivity index (χ0) is 20.0. The van der Waals surface area contributed by atoms with E-state index >= 15 is 0 Å². The van der Waals surface area contributed by atoms with Crippen LogP contribution in [-0.2, 0) is 5.41 Å². The average molecular weight is 486 g/mol. The molecule has 0 amide bonds. The minimum atomic E-state index is -0.342. The lowest BCUT2D eigenvalue weighted by Gasteiger charge is -2.30. The summed E-state index contributed by atoms with van der Waals surface area (Å²) in [6, 6.07) is 30.8. The van der Waals surface area contributed by atoms with E-state index in [1.807, 2.05) is 17.4 Å². The van der Waals surface area contributed by atoms with Crippen molar-refractivity contribution in [3.05, 3.63) is 117 Å². The van der Waals surface area contributed by atoms with Gasteiger partial charge in [0.15, 0.2) is 0 Å². The van der Waals surface area contributed by atoms with Crippen molar-refractivity contribution in [3.8, 4) is 21.6 Å². The van der Waals surface area contributed by atoms with Gasteiger partial charge in [-0.05, 0) is 74.7 Å². The first-order chi connectivity index (χ1) is 14.7. The fraction of sp³-hybridized carbons (Fsp3) is 0.0370. The average Bonchev–Trinajstić information content (AvgIpc) is 3.36. The van der Waals surface area contributed by atoms with Crippen molar-refractivity contribution in [2.24, 2.45) is 0 Å². The summed E-state index contributed by atoms with van der Waals surface area (Å²) in [5.74, 6) is 0. The van der Waals surface area contributed by atoms with Crippen molar-refractivity contribution in [2.45, 2.75) is 5.41 Å². The molecule has 4 aromatic carbocycles. The first-order valence-electron chi connectivity index (χ1n) is 9.92. The van der Waals surface area contributed by atoms with Crippen molar-refractivity contribution in [1.29, 1.82) is 0 Å². The third kappa shape index (κ3) is 1.93. The molecule has 1 aromatic heterocycles. The fourth-order valence-corrected chi connectivity index (χ4v) is 7.41. The summed E-state index contributed by atoms with van der Waals surface area (Å²) >= 11 is 12.2. The van der Waals surface area contributed by atoms with Crippen LogP contribution in [-0.4, -0.2) is 0 Å². The van der Waals surface area contributed by atoms with Gasteiger partial charge >= 0.3 is 0 Å². The van der Waals surface area contributed by atoms with Crippen molar-refractivity contribution in [1.82, 2.24) is 0 Å². The van der Waals surface area contributed by atoms with E-state index in [0.29, 0.717) is 0 Å². The Morgan fingerprint density at radius 1 is 0.700 bits per heavy atom. The second-order valence-corrected chi connectivity index (χ2v) is 10.4. The normalized spacial score (nSPS) is 17.8. The minimum absolute atomic E-state index is 0.342. The second-order valence-electron chi connectivity index (χ2n) is 7.98. The molecule has 1 spiro atoms. The maximum absolute atomic E-state index is 6.59. The maximum Gasteiger partial charge on any atom is 0.0741 e. The predicted octanol–water partition coefficient (Wildman–Crippen LogP) is 8.66. The monoisotopic (exact) mass is 484 g/mol. The van der Waals surface area contributed by atoms with Crippen LogP contribution in [0.1, 0.15) is 22.3 Å². The lowest BCUT2D eigenvalue weighted by Crippen LogP contribution is -2.25. The highest BCUT2D eigenvalue weighted by molar-refractivity contribution is 9.10. The van der Waals surface area contributed by atoms with Gasteiger partial charge in [0.25, 0.3) is 0 Å². The molecule has 0 radical (unpaired) electrons. The summed E-state index contributed by atoms with van der Waals surface area (Å²) in [5, 5.41) is 2.13. The fourth-order valence-electron chi connectivity index (χ4n) is 5.58. The molecule has 2 aliphatic rings. The third-order valence-electron chi connectivity index (χ3n) is 6.61. The Morgan fingerprint density at radius 3 is 2.37 bits per heavy atom. The topological polar surface area (TPSA) is 0 Å². The lowest BCUT2D eigenvalue weighted by molar-refractivity contribution is 0.802. The zero-order valence-corrected chi connectivity index (χ0v) is 18.9. The molecular weight excluding hydrogens is 472 g/mol. The number of rotatable bonds is 0. The molecule has 0 nitrogen and oxygen atoms in total. The van der Waals surface area contributed by atoms with Gasteiger partial charge in [-0.1, -0.05) is 82.1 Å². The van der Waals surface area contributed by atoms with Crippen molar-refractivity contribution in [3.63, 3.8) is 0 Å². The van der Waals surface area contributed by atoms with E-state index in [-0.39, 0.29) is 5.41 Å². The van der Waals surface area contributed by atoms with Crippen LogP contribution in [0.5, 0.6) is 0 Å². The molecule has 142 valence electrons. The van der Waals surface area contributed by atoms with Crippen LogP contribution in [0, 0.1) is 0 Å². The van der Waals surface area contributed by atoms with Crippen molar-refractivity contribution < 1.29 is 0 Å². The maximum atomic E-state index is 6.59. The molecule has 7 rings (SSSR count). The van der Waals surface area contributed by atoms with Gasteiger partial charge in [-0.25, -0.2) is 0 Å². The summed E-state index contributed by atoms with van der Waals surface area (Å²) in [6.45, 7) is 0. The molecule has 1 heterocycles. The second kappa shape index (κ2) is 5.85. The largest absolute Gasteiger partial charge is 0.135 e. The Labute approximate surface area is 191 Å². The molecule has 0 bridgehead atoms. The third-order valence-corrected chi connectivity index (χ3v) is 8.54.